The van der Waals surface area contributed by atoms with Crippen molar-refractivity contribution in [3.8, 4) is 0 Å². The molecule has 20 heavy (non-hydrogen) atoms. The average Bonchev–Trinajstić information content (AvgIpc) is 2.89. The maximum atomic E-state index is 10.8. The van der Waals surface area contributed by atoms with Crippen molar-refractivity contribution in [2.45, 2.75) is 46.5 Å². The minimum atomic E-state index is -0.569. The zero-order valence-electron chi connectivity index (χ0n) is 12.6. The number of carbonyl (C=O) groups is 1. The second kappa shape index (κ2) is 8.35. The van der Waals surface area contributed by atoms with Gasteiger partial charge in [-0.1, -0.05) is 63.7 Å². The summed E-state index contributed by atoms with van der Waals surface area (Å²) < 4.78 is 4.86. The highest BCUT2D eigenvalue weighted by Crippen LogP contribution is 2.16. The van der Waals surface area contributed by atoms with E-state index in [1.165, 1.54) is 25.7 Å². The van der Waals surface area contributed by atoms with Gasteiger partial charge in [0.15, 0.2) is 11.3 Å². The van der Waals surface area contributed by atoms with E-state index < -0.39 is 5.91 Å². The van der Waals surface area contributed by atoms with E-state index in [0.29, 0.717) is 11.0 Å². The molecule has 4 nitrogen and oxygen atoms in total. The number of carbonyl (C=O) groups excluding carboxylic acids is 1. The van der Waals surface area contributed by atoms with Crippen molar-refractivity contribution in [1.82, 2.24) is 5.16 Å². The third-order valence-electron chi connectivity index (χ3n) is 3.36. The molecule has 0 saturated heterocycles. The molecule has 0 aliphatic heterocycles. The predicted molar refractivity (Wildman–Crippen MR) is 81.5 cm³/mol. The number of benzene rings is 1. The molecule has 1 aromatic carbocycles. The van der Waals surface area contributed by atoms with Crippen molar-refractivity contribution in [1.29, 1.82) is 0 Å². The number of nitrogens with zero attached hydrogens (tertiary/aromatic N) is 1. The van der Waals surface area contributed by atoms with Crippen molar-refractivity contribution in [3.63, 3.8) is 0 Å². The summed E-state index contributed by atoms with van der Waals surface area (Å²) in [5.41, 5.74) is 5.82. The molecule has 2 aromatic rings. The largest absolute Gasteiger partial charge is 0.364 e. The molecule has 0 aliphatic carbocycles. The number of amides is 1. The van der Waals surface area contributed by atoms with Gasteiger partial charge in [0.05, 0.1) is 5.39 Å². The molecule has 0 aliphatic rings. The number of aromatic nitrogens is 1. The number of primary amides is 1. The van der Waals surface area contributed by atoms with E-state index in [1.54, 1.807) is 24.3 Å². The number of fused-ring (bicyclic) bond motifs is 1. The van der Waals surface area contributed by atoms with Crippen LogP contribution in [-0.4, -0.2) is 11.1 Å². The number of unbranched alkanes of at least 4 members (excludes halogenated alkanes) is 1. The highest BCUT2D eigenvalue weighted by atomic mass is 16.5. The van der Waals surface area contributed by atoms with Crippen LogP contribution in [0.4, 0.5) is 0 Å². The molecule has 1 heterocycles. The van der Waals surface area contributed by atoms with Crippen LogP contribution in [-0.2, 0) is 0 Å². The Morgan fingerprint density at radius 3 is 2.65 bits per heavy atom. The first-order chi connectivity index (χ1) is 9.60. The summed E-state index contributed by atoms with van der Waals surface area (Å²) in [5, 5.41) is 4.20. The average molecular weight is 276 g/mol. The lowest BCUT2D eigenvalue weighted by molar-refractivity contribution is 0.0993. The van der Waals surface area contributed by atoms with Crippen molar-refractivity contribution >= 4 is 16.9 Å². The molecule has 0 fully saturated rings. The Morgan fingerprint density at radius 2 is 2.05 bits per heavy atom. The first kappa shape index (κ1) is 16.2. The summed E-state index contributed by atoms with van der Waals surface area (Å²) in [6.07, 6.45) is 5.53. The summed E-state index contributed by atoms with van der Waals surface area (Å²) >= 11 is 0. The van der Waals surface area contributed by atoms with Crippen LogP contribution >= 0.6 is 0 Å². The number of hydrogen-bond donors (Lipinski definition) is 1. The molecule has 0 spiro atoms. The minimum absolute atomic E-state index is 0.186. The number of hydrogen-bond acceptors (Lipinski definition) is 3. The number of nitrogens with two attached hydrogens (primary N) is 1. The van der Waals surface area contributed by atoms with Crippen LogP contribution in [0.15, 0.2) is 28.8 Å². The van der Waals surface area contributed by atoms with Gasteiger partial charge in [0.25, 0.3) is 5.91 Å². The first-order valence-electron chi connectivity index (χ1n) is 7.24. The van der Waals surface area contributed by atoms with E-state index in [-0.39, 0.29) is 5.69 Å². The van der Waals surface area contributed by atoms with E-state index in [2.05, 4.69) is 25.9 Å². The smallest absolute Gasteiger partial charge is 0.271 e. The fourth-order valence-corrected chi connectivity index (χ4v) is 1.82. The standard InChI is InChI=1S/C8H6N2O2.C8H18/c9-8(11)7-5-3-1-2-4-6(5)12-10-7;1-4-6-7-8(3)5-2/h1-4H,(H2,9,11);8H,4-7H2,1-3H3. The lowest BCUT2D eigenvalue weighted by Crippen LogP contribution is -2.11. The maximum Gasteiger partial charge on any atom is 0.271 e. The van der Waals surface area contributed by atoms with Crippen LogP contribution in [0.1, 0.15) is 56.9 Å². The Bertz CT molecular complexity index is 534. The van der Waals surface area contributed by atoms with Crippen molar-refractivity contribution in [2.75, 3.05) is 0 Å². The van der Waals surface area contributed by atoms with Gasteiger partial charge in [-0.25, -0.2) is 0 Å². The molecule has 1 aromatic heterocycles. The molecule has 1 atom stereocenters. The molecule has 110 valence electrons. The molecule has 0 bridgehead atoms. The summed E-state index contributed by atoms with van der Waals surface area (Å²) in [5.74, 6) is 0.384. The Hall–Kier alpha value is -1.84. The van der Waals surface area contributed by atoms with Crippen LogP contribution in [0.2, 0.25) is 0 Å². The van der Waals surface area contributed by atoms with Crippen molar-refractivity contribution in [2.24, 2.45) is 11.7 Å². The molecular weight excluding hydrogens is 252 g/mol. The van der Waals surface area contributed by atoms with Crippen LogP contribution in [0, 0.1) is 5.92 Å². The Kier molecular flexibility index (Phi) is 6.77. The van der Waals surface area contributed by atoms with Gasteiger partial charge in [0.1, 0.15) is 0 Å². The van der Waals surface area contributed by atoms with E-state index in [9.17, 15) is 4.79 Å². The van der Waals surface area contributed by atoms with Crippen LogP contribution in [0.3, 0.4) is 0 Å². The van der Waals surface area contributed by atoms with E-state index >= 15 is 0 Å². The predicted octanol–water partition coefficient (Wildman–Crippen LogP) is 4.15. The SMILES string of the molecule is CCCCC(C)CC.NC(=O)c1noc2ccccc12. The molecule has 2 N–H and O–H groups in total. The second-order valence-corrected chi connectivity index (χ2v) is 5.05. The zero-order valence-corrected chi connectivity index (χ0v) is 12.6. The van der Waals surface area contributed by atoms with E-state index in [1.807, 2.05) is 0 Å². The number of para-hydroxylation sites is 1. The molecule has 4 heteroatoms. The maximum absolute atomic E-state index is 10.8. The van der Waals surface area contributed by atoms with Gasteiger partial charge in [0.2, 0.25) is 0 Å². The van der Waals surface area contributed by atoms with Gasteiger partial charge in [-0.3, -0.25) is 4.79 Å². The Morgan fingerprint density at radius 1 is 1.35 bits per heavy atom. The normalized spacial score (nSPS) is 11.8. The van der Waals surface area contributed by atoms with Crippen molar-refractivity contribution in [3.05, 3.63) is 30.0 Å². The highest BCUT2D eigenvalue weighted by molar-refractivity contribution is 6.03. The van der Waals surface area contributed by atoms with Gasteiger partial charge in [-0.05, 0) is 18.1 Å². The number of rotatable bonds is 5. The molecule has 1 amide bonds. The molecule has 1 unspecified atom stereocenters. The molecular formula is C16H24N2O2. The quantitative estimate of drug-likeness (QED) is 0.891. The summed E-state index contributed by atoms with van der Waals surface area (Å²) in [7, 11) is 0. The summed E-state index contributed by atoms with van der Waals surface area (Å²) in [6.45, 7) is 6.85. The van der Waals surface area contributed by atoms with E-state index in [4.69, 9.17) is 10.3 Å². The van der Waals surface area contributed by atoms with Crippen LogP contribution < -0.4 is 5.73 Å². The van der Waals surface area contributed by atoms with Gasteiger partial charge in [-0.15, -0.1) is 0 Å². The fourth-order valence-electron chi connectivity index (χ4n) is 1.82. The highest BCUT2D eigenvalue weighted by Gasteiger charge is 2.11. The zero-order chi connectivity index (χ0) is 15.0. The van der Waals surface area contributed by atoms with E-state index in [0.717, 1.165) is 5.92 Å². The van der Waals surface area contributed by atoms with Gasteiger partial charge in [-0.2, -0.15) is 0 Å². The summed E-state index contributed by atoms with van der Waals surface area (Å²) in [6, 6.07) is 7.07. The monoisotopic (exact) mass is 276 g/mol. The minimum Gasteiger partial charge on any atom is -0.364 e. The molecule has 0 saturated carbocycles. The Labute approximate surface area is 120 Å². The summed E-state index contributed by atoms with van der Waals surface area (Å²) in [4.78, 5) is 10.8. The molecule has 0 radical (unpaired) electrons. The second-order valence-electron chi connectivity index (χ2n) is 5.05. The topological polar surface area (TPSA) is 69.1 Å². The fraction of sp³-hybridized carbons (Fsp3) is 0.500. The lowest BCUT2D eigenvalue weighted by atomic mass is 10.0. The van der Waals surface area contributed by atoms with Gasteiger partial charge < -0.3 is 10.3 Å². The third-order valence-corrected chi connectivity index (χ3v) is 3.36. The Balaban J connectivity index is 0.000000221. The first-order valence-corrected chi connectivity index (χ1v) is 7.24. The third kappa shape index (κ3) is 4.68. The van der Waals surface area contributed by atoms with Crippen LogP contribution in [0.25, 0.3) is 11.0 Å². The lowest BCUT2D eigenvalue weighted by Gasteiger charge is -2.04. The molecule has 2 rings (SSSR count). The van der Waals surface area contributed by atoms with Gasteiger partial charge >= 0.3 is 0 Å². The van der Waals surface area contributed by atoms with Gasteiger partial charge in [0, 0.05) is 0 Å². The van der Waals surface area contributed by atoms with Crippen LogP contribution in [0.5, 0.6) is 0 Å². The van der Waals surface area contributed by atoms with Crippen molar-refractivity contribution < 1.29 is 9.32 Å².